The molecule has 1 rings (SSSR count). The van der Waals surface area contributed by atoms with Crippen LogP contribution in [0.2, 0.25) is 0 Å². The van der Waals surface area contributed by atoms with E-state index in [0.29, 0.717) is 12.8 Å². The molecular formula is C17H37NO4P+. The first kappa shape index (κ1) is 21.1. The smallest absolute Gasteiger partial charge is 0.298 e. The van der Waals surface area contributed by atoms with Gasteiger partial charge in [-0.1, -0.05) is 6.92 Å². The van der Waals surface area contributed by atoms with E-state index in [9.17, 15) is 4.57 Å². The summed E-state index contributed by atoms with van der Waals surface area (Å²) in [6.07, 6.45) is 3.51. The summed E-state index contributed by atoms with van der Waals surface area (Å²) in [5, 5.41) is 0. The Morgan fingerprint density at radius 3 is 1.96 bits per heavy atom. The van der Waals surface area contributed by atoms with E-state index in [-0.39, 0.29) is 0 Å². The van der Waals surface area contributed by atoms with E-state index in [1.165, 1.54) is 12.8 Å². The standard InChI is InChI=1S/C17H37NO4P/c1-9-15-12-11-13-18(15,10-2)14-20-23(19,21-16(3,4)5)22-17(6,7)8/h15H,9-14H2,1-8H3/q+1. The third-order valence-electron chi connectivity index (χ3n) is 4.26. The molecule has 1 aliphatic heterocycles. The second kappa shape index (κ2) is 7.53. The molecule has 0 aliphatic carbocycles. The normalized spacial score (nSPS) is 26.7. The molecular weight excluding hydrogens is 313 g/mol. The molecule has 0 saturated carbocycles. The van der Waals surface area contributed by atoms with Gasteiger partial charge < -0.3 is 0 Å². The van der Waals surface area contributed by atoms with Gasteiger partial charge >= 0.3 is 7.82 Å². The fourth-order valence-electron chi connectivity index (χ4n) is 3.30. The number of quaternary nitrogens is 1. The van der Waals surface area contributed by atoms with Crippen molar-refractivity contribution in [1.29, 1.82) is 0 Å². The molecule has 0 N–H and O–H groups in total. The topological polar surface area (TPSA) is 44.8 Å². The van der Waals surface area contributed by atoms with Crippen LogP contribution in [0.1, 0.15) is 74.7 Å². The van der Waals surface area contributed by atoms with E-state index >= 15 is 0 Å². The van der Waals surface area contributed by atoms with E-state index in [4.69, 9.17) is 13.6 Å². The van der Waals surface area contributed by atoms with Crippen molar-refractivity contribution in [3.05, 3.63) is 0 Å². The summed E-state index contributed by atoms with van der Waals surface area (Å²) in [6, 6.07) is 0.567. The Bertz CT molecular complexity index is 407. The summed E-state index contributed by atoms with van der Waals surface area (Å²) in [6.45, 7) is 18.0. The minimum absolute atomic E-state index is 0.387. The Morgan fingerprint density at radius 1 is 1.04 bits per heavy atom. The largest absolute Gasteiger partial charge is 0.480 e. The molecule has 2 atom stereocenters. The van der Waals surface area contributed by atoms with Gasteiger partial charge in [0.05, 0.1) is 30.3 Å². The molecule has 23 heavy (non-hydrogen) atoms. The number of likely N-dealkylation sites (tertiary alicyclic amines) is 1. The molecule has 6 heteroatoms. The quantitative estimate of drug-likeness (QED) is 0.473. The fourth-order valence-corrected chi connectivity index (χ4v) is 5.15. The second-order valence-corrected chi connectivity index (χ2v) is 10.1. The predicted molar refractivity (Wildman–Crippen MR) is 94.2 cm³/mol. The number of rotatable bonds is 7. The van der Waals surface area contributed by atoms with Crippen LogP contribution in [-0.4, -0.2) is 41.5 Å². The van der Waals surface area contributed by atoms with Gasteiger partial charge in [0.25, 0.3) is 0 Å². The number of phosphoric acid groups is 1. The second-order valence-electron chi connectivity index (χ2n) is 8.58. The Kier molecular flexibility index (Phi) is 6.91. The molecule has 1 aliphatic rings. The SMILES string of the molecule is CCC1CCC[N+]1(CC)COP(=O)(OC(C)(C)C)OC(C)(C)C. The lowest BCUT2D eigenvalue weighted by atomic mass is 10.1. The molecule has 0 aromatic rings. The number of hydrogen-bond acceptors (Lipinski definition) is 4. The van der Waals surface area contributed by atoms with Gasteiger partial charge in [0.15, 0.2) is 6.73 Å². The summed E-state index contributed by atoms with van der Waals surface area (Å²) in [5.74, 6) is 0. The lowest BCUT2D eigenvalue weighted by molar-refractivity contribution is -0.952. The van der Waals surface area contributed by atoms with Crippen molar-refractivity contribution in [2.75, 3.05) is 19.8 Å². The summed E-state index contributed by atoms with van der Waals surface area (Å²) in [5.41, 5.74) is -1.18. The Morgan fingerprint density at radius 2 is 1.57 bits per heavy atom. The van der Waals surface area contributed by atoms with Crippen molar-refractivity contribution in [3.63, 3.8) is 0 Å². The first-order valence-corrected chi connectivity index (χ1v) is 10.3. The molecule has 0 aromatic heterocycles. The molecule has 1 fully saturated rings. The maximum absolute atomic E-state index is 13.2. The van der Waals surface area contributed by atoms with Gasteiger partial charge in [0.2, 0.25) is 0 Å². The van der Waals surface area contributed by atoms with Crippen molar-refractivity contribution in [1.82, 2.24) is 0 Å². The number of hydrogen-bond donors (Lipinski definition) is 0. The first-order chi connectivity index (χ1) is 10.3. The lowest BCUT2D eigenvalue weighted by Gasteiger charge is -2.40. The van der Waals surface area contributed by atoms with Gasteiger partial charge in [-0.05, 0) is 54.9 Å². The highest BCUT2D eigenvalue weighted by molar-refractivity contribution is 7.48. The van der Waals surface area contributed by atoms with E-state index in [0.717, 1.165) is 24.0 Å². The molecule has 138 valence electrons. The van der Waals surface area contributed by atoms with Gasteiger partial charge in [-0.15, -0.1) is 0 Å². The predicted octanol–water partition coefficient (Wildman–Crippen LogP) is 5.11. The van der Waals surface area contributed by atoms with Crippen molar-refractivity contribution in [3.8, 4) is 0 Å². The molecule has 1 heterocycles. The van der Waals surface area contributed by atoms with Crippen LogP contribution in [0.25, 0.3) is 0 Å². The van der Waals surface area contributed by atoms with Crippen LogP contribution in [0.3, 0.4) is 0 Å². The molecule has 2 unspecified atom stereocenters. The summed E-state index contributed by atoms with van der Waals surface area (Å²) < 4.78 is 31.3. The highest BCUT2D eigenvalue weighted by Gasteiger charge is 2.44. The summed E-state index contributed by atoms with van der Waals surface area (Å²) in [4.78, 5) is 0. The highest BCUT2D eigenvalue weighted by Crippen LogP contribution is 2.56. The minimum atomic E-state index is -3.62. The van der Waals surface area contributed by atoms with Crippen LogP contribution in [0.5, 0.6) is 0 Å². The van der Waals surface area contributed by atoms with Crippen molar-refractivity contribution < 1.29 is 22.6 Å². The van der Waals surface area contributed by atoms with Gasteiger partial charge in [-0.2, -0.15) is 0 Å². The van der Waals surface area contributed by atoms with Crippen LogP contribution in [-0.2, 0) is 18.1 Å². The number of nitrogens with zero attached hydrogens (tertiary/aromatic N) is 1. The molecule has 0 amide bonds. The third-order valence-corrected chi connectivity index (χ3v) is 6.24. The molecule has 0 radical (unpaired) electrons. The zero-order chi connectivity index (χ0) is 17.9. The zero-order valence-corrected chi connectivity index (χ0v) is 17.2. The molecule has 0 bridgehead atoms. The van der Waals surface area contributed by atoms with Crippen LogP contribution in [0.4, 0.5) is 0 Å². The number of phosphoric ester groups is 1. The van der Waals surface area contributed by atoms with E-state index in [2.05, 4.69) is 13.8 Å². The fraction of sp³-hybridized carbons (Fsp3) is 1.00. The van der Waals surface area contributed by atoms with Crippen LogP contribution < -0.4 is 0 Å². The minimum Gasteiger partial charge on any atom is -0.298 e. The summed E-state index contributed by atoms with van der Waals surface area (Å²) in [7, 11) is -3.62. The Hall–Kier alpha value is 0.0700. The first-order valence-electron chi connectivity index (χ1n) is 8.86. The Balaban J connectivity index is 2.90. The van der Waals surface area contributed by atoms with E-state index in [1.807, 2.05) is 41.5 Å². The van der Waals surface area contributed by atoms with Gasteiger partial charge in [0, 0.05) is 12.8 Å². The average Bonchev–Trinajstić information content (AvgIpc) is 2.75. The molecule has 5 nitrogen and oxygen atoms in total. The highest BCUT2D eigenvalue weighted by atomic mass is 31.2. The maximum atomic E-state index is 13.2. The third kappa shape index (κ3) is 6.47. The zero-order valence-electron chi connectivity index (χ0n) is 16.3. The van der Waals surface area contributed by atoms with Gasteiger partial charge in [0.1, 0.15) is 0 Å². The van der Waals surface area contributed by atoms with Crippen LogP contribution in [0, 0.1) is 0 Å². The van der Waals surface area contributed by atoms with Crippen LogP contribution >= 0.6 is 7.82 Å². The summed E-state index contributed by atoms with van der Waals surface area (Å²) >= 11 is 0. The average molecular weight is 350 g/mol. The monoisotopic (exact) mass is 350 g/mol. The van der Waals surface area contributed by atoms with Crippen molar-refractivity contribution >= 4 is 7.82 Å². The molecule has 0 spiro atoms. The van der Waals surface area contributed by atoms with Crippen LogP contribution in [0.15, 0.2) is 0 Å². The molecule has 0 aromatic carbocycles. The van der Waals surface area contributed by atoms with Gasteiger partial charge in [-0.3, -0.25) is 13.5 Å². The Labute approximate surface area is 142 Å². The van der Waals surface area contributed by atoms with Gasteiger partial charge in [-0.25, -0.2) is 9.09 Å². The van der Waals surface area contributed by atoms with Crippen molar-refractivity contribution in [2.45, 2.75) is 91.9 Å². The maximum Gasteiger partial charge on any atom is 0.480 e. The van der Waals surface area contributed by atoms with E-state index < -0.39 is 19.0 Å². The van der Waals surface area contributed by atoms with E-state index in [1.54, 1.807) is 0 Å². The lowest BCUT2D eigenvalue weighted by Crippen LogP contribution is -2.52. The van der Waals surface area contributed by atoms with Crippen molar-refractivity contribution in [2.24, 2.45) is 0 Å². The molecule has 1 saturated heterocycles.